The number of hydrogen-bond donors (Lipinski definition) is 0. The normalized spacial score (nSPS) is 11.4. The Morgan fingerprint density at radius 1 is 0.275 bits per heavy atom. The van der Waals surface area contributed by atoms with Gasteiger partial charge in [-0.25, -0.2) is 0 Å². The van der Waals surface area contributed by atoms with E-state index in [9.17, 15) is 0 Å². The summed E-state index contributed by atoms with van der Waals surface area (Å²) in [6, 6.07) is 9.28. The van der Waals surface area contributed by atoms with Gasteiger partial charge in [-0.2, -0.15) is 0 Å². The largest absolute Gasteiger partial charge is 0.0654 e. The van der Waals surface area contributed by atoms with Crippen molar-refractivity contribution in [2.75, 3.05) is 0 Å². The minimum absolute atomic E-state index is 1.15. The summed E-state index contributed by atoms with van der Waals surface area (Å²) in [4.78, 5) is 0. The standard InChI is InChI=1S/C40H74/c1-3-5-6-7-8-9-10-11-12-13-14-15-16-17-18-19-20-21-22-23-24-25-26-27-28-29-30-31-32-33-34-40-37-35-39(4-2)36-38-40/h35-38H,3-34H2,1-2H3. The second-order valence-electron chi connectivity index (χ2n) is 13.2. The highest BCUT2D eigenvalue weighted by Gasteiger charge is 1.98. The molecule has 0 saturated carbocycles. The van der Waals surface area contributed by atoms with E-state index in [4.69, 9.17) is 0 Å². The minimum atomic E-state index is 1.15. The van der Waals surface area contributed by atoms with Gasteiger partial charge in [0.05, 0.1) is 0 Å². The van der Waals surface area contributed by atoms with Gasteiger partial charge in [-0.05, 0) is 30.4 Å². The average Bonchev–Trinajstić information content (AvgIpc) is 2.98. The van der Waals surface area contributed by atoms with E-state index < -0.39 is 0 Å². The molecule has 0 heteroatoms. The van der Waals surface area contributed by atoms with Crippen LogP contribution in [0, 0.1) is 0 Å². The van der Waals surface area contributed by atoms with Crippen LogP contribution in [0.3, 0.4) is 0 Å². The third-order valence-electron chi connectivity index (χ3n) is 9.25. The molecule has 0 aromatic heterocycles. The first-order valence-electron chi connectivity index (χ1n) is 18.9. The smallest absolute Gasteiger partial charge is 0.0279 e. The van der Waals surface area contributed by atoms with Gasteiger partial charge in [0.25, 0.3) is 0 Å². The zero-order chi connectivity index (χ0) is 28.6. The van der Waals surface area contributed by atoms with Crippen LogP contribution in [0.2, 0.25) is 0 Å². The maximum atomic E-state index is 2.33. The monoisotopic (exact) mass is 555 g/mol. The minimum Gasteiger partial charge on any atom is -0.0654 e. The van der Waals surface area contributed by atoms with Crippen molar-refractivity contribution in [2.45, 2.75) is 219 Å². The molecule has 40 heavy (non-hydrogen) atoms. The molecule has 0 aliphatic heterocycles. The molecular weight excluding hydrogens is 480 g/mol. The zero-order valence-corrected chi connectivity index (χ0v) is 27.9. The van der Waals surface area contributed by atoms with E-state index in [2.05, 4.69) is 38.1 Å². The van der Waals surface area contributed by atoms with E-state index in [-0.39, 0.29) is 0 Å². The number of aryl methyl sites for hydroxylation is 2. The lowest BCUT2D eigenvalue weighted by Gasteiger charge is -2.05. The Morgan fingerprint density at radius 2 is 0.500 bits per heavy atom. The van der Waals surface area contributed by atoms with Gasteiger partial charge in [-0.15, -0.1) is 0 Å². The van der Waals surface area contributed by atoms with Gasteiger partial charge >= 0.3 is 0 Å². The first-order valence-corrected chi connectivity index (χ1v) is 18.9. The van der Waals surface area contributed by atoms with Gasteiger partial charge < -0.3 is 0 Å². The molecule has 0 N–H and O–H groups in total. The summed E-state index contributed by atoms with van der Waals surface area (Å²) in [7, 11) is 0. The fraction of sp³-hybridized carbons (Fsp3) is 0.850. The van der Waals surface area contributed by atoms with Crippen molar-refractivity contribution in [3.63, 3.8) is 0 Å². The highest BCUT2D eigenvalue weighted by atomic mass is 14.0. The van der Waals surface area contributed by atoms with Crippen LogP contribution in [-0.4, -0.2) is 0 Å². The maximum Gasteiger partial charge on any atom is -0.0279 e. The molecule has 0 aliphatic rings. The van der Waals surface area contributed by atoms with Crippen molar-refractivity contribution in [1.82, 2.24) is 0 Å². The highest BCUT2D eigenvalue weighted by molar-refractivity contribution is 5.22. The van der Waals surface area contributed by atoms with Crippen LogP contribution in [-0.2, 0) is 12.8 Å². The SMILES string of the molecule is CCCCCCCCCCCCCCCCCCCCCCCCCCCCCCCCc1ccc(CC)cc1. The summed E-state index contributed by atoms with van der Waals surface area (Å²) in [5.74, 6) is 0. The van der Waals surface area contributed by atoms with Crippen molar-refractivity contribution in [3.05, 3.63) is 35.4 Å². The van der Waals surface area contributed by atoms with E-state index in [1.54, 1.807) is 0 Å². The molecule has 234 valence electrons. The molecule has 0 heterocycles. The Kier molecular flexibility index (Phi) is 29.0. The van der Waals surface area contributed by atoms with E-state index in [1.165, 1.54) is 210 Å². The second kappa shape index (κ2) is 31.2. The van der Waals surface area contributed by atoms with Crippen LogP contribution in [0.15, 0.2) is 24.3 Å². The molecule has 0 atom stereocenters. The fourth-order valence-corrected chi connectivity index (χ4v) is 6.29. The van der Waals surface area contributed by atoms with Crippen LogP contribution in [0.25, 0.3) is 0 Å². The molecular formula is C40H74. The molecule has 0 bridgehead atoms. The molecule has 0 nitrogen and oxygen atoms in total. The maximum absolute atomic E-state index is 2.33. The van der Waals surface area contributed by atoms with Gasteiger partial charge in [-0.1, -0.05) is 224 Å². The highest BCUT2D eigenvalue weighted by Crippen LogP contribution is 2.17. The summed E-state index contributed by atoms with van der Waals surface area (Å²) in [6.45, 7) is 4.54. The van der Waals surface area contributed by atoms with Crippen molar-refractivity contribution < 1.29 is 0 Å². The molecule has 1 aromatic rings. The van der Waals surface area contributed by atoms with E-state index in [0.717, 1.165) is 6.42 Å². The number of unbranched alkanes of at least 4 members (excludes halogenated alkanes) is 29. The summed E-state index contributed by atoms with van der Waals surface area (Å²) >= 11 is 0. The summed E-state index contributed by atoms with van der Waals surface area (Å²) in [6.07, 6.45) is 46.5. The van der Waals surface area contributed by atoms with E-state index in [1.807, 2.05) is 0 Å². The predicted molar refractivity (Wildman–Crippen MR) is 184 cm³/mol. The summed E-state index contributed by atoms with van der Waals surface area (Å²) in [5, 5.41) is 0. The Morgan fingerprint density at radius 3 is 0.750 bits per heavy atom. The van der Waals surface area contributed by atoms with E-state index in [0.29, 0.717) is 0 Å². The average molecular weight is 555 g/mol. The Labute approximate surface area is 254 Å². The quantitative estimate of drug-likeness (QED) is 0.0777. The molecule has 0 radical (unpaired) electrons. The first-order chi connectivity index (χ1) is 19.9. The number of hydrogen-bond acceptors (Lipinski definition) is 0. The van der Waals surface area contributed by atoms with Crippen molar-refractivity contribution in [3.8, 4) is 0 Å². The molecule has 1 rings (SSSR count). The number of benzene rings is 1. The molecule has 0 fully saturated rings. The van der Waals surface area contributed by atoms with Gasteiger partial charge in [0.1, 0.15) is 0 Å². The third-order valence-corrected chi connectivity index (χ3v) is 9.25. The van der Waals surface area contributed by atoms with Crippen LogP contribution >= 0.6 is 0 Å². The predicted octanol–water partition coefficient (Wildman–Crippen LogP) is 14.5. The van der Waals surface area contributed by atoms with Crippen LogP contribution < -0.4 is 0 Å². The Balaban J connectivity index is 1.65. The Hall–Kier alpha value is -0.780. The topological polar surface area (TPSA) is 0 Å². The fourth-order valence-electron chi connectivity index (χ4n) is 6.29. The van der Waals surface area contributed by atoms with Gasteiger partial charge in [0.2, 0.25) is 0 Å². The molecule has 0 spiro atoms. The van der Waals surface area contributed by atoms with Gasteiger partial charge in [0.15, 0.2) is 0 Å². The molecule has 0 amide bonds. The van der Waals surface area contributed by atoms with Crippen molar-refractivity contribution in [1.29, 1.82) is 0 Å². The second-order valence-corrected chi connectivity index (χ2v) is 13.2. The van der Waals surface area contributed by atoms with Crippen molar-refractivity contribution in [2.24, 2.45) is 0 Å². The summed E-state index contributed by atoms with van der Waals surface area (Å²) < 4.78 is 0. The van der Waals surface area contributed by atoms with Gasteiger partial charge in [-0.3, -0.25) is 0 Å². The van der Waals surface area contributed by atoms with Crippen LogP contribution in [0.4, 0.5) is 0 Å². The molecule has 0 saturated heterocycles. The van der Waals surface area contributed by atoms with Crippen LogP contribution in [0.1, 0.15) is 218 Å². The lowest BCUT2D eigenvalue weighted by atomic mass is 10.0. The van der Waals surface area contributed by atoms with E-state index >= 15 is 0 Å². The lowest BCUT2D eigenvalue weighted by Crippen LogP contribution is -1.88. The van der Waals surface area contributed by atoms with Crippen molar-refractivity contribution >= 4 is 0 Å². The first kappa shape index (κ1) is 37.2. The molecule has 0 aliphatic carbocycles. The summed E-state index contributed by atoms with van der Waals surface area (Å²) in [5.41, 5.74) is 2.99. The zero-order valence-electron chi connectivity index (χ0n) is 27.9. The number of rotatable bonds is 32. The third kappa shape index (κ3) is 26.1. The lowest BCUT2D eigenvalue weighted by molar-refractivity contribution is 0.513. The molecule has 0 unspecified atom stereocenters. The van der Waals surface area contributed by atoms with Gasteiger partial charge in [0, 0.05) is 0 Å². The Bertz CT molecular complexity index is 585. The molecule has 1 aromatic carbocycles. The van der Waals surface area contributed by atoms with Crippen LogP contribution in [0.5, 0.6) is 0 Å².